The van der Waals surface area contributed by atoms with E-state index in [1.807, 2.05) is 0 Å². The monoisotopic (exact) mass is 305 g/mol. The molecule has 0 bridgehead atoms. The summed E-state index contributed by atoms with van der Waals surface area (Å²) in [6.07, 6.45) is 1.83. The molecule has 124 valence electrons. The topological polar surface area (TPSA) is 86.3 Å². The zero-order valence-electron chi connectivity index (χ0n) is 12.6. The lowest BCUT2D eigenvalue weighted by Gasteiger charge is -2.07. The molecular weight excluding hydrogens is 278 g/mol. The van der Waals surface area contributed by atoms with E-state index in [1.54, 1.807) is 6.08 Å². The lowest BCUT2D eigenvalue weighted by molar-refractivity contribution is -0.138. The minimum absolute atomic E-state index is 0.0201. The van der Waals surface area contributed by atoms with Crippen LogP contribution in [0.25, 0.3) is 0 Å². The highest BCUT2D eigenvalue weighted by Gasteiger charge is 1.96. The van der Waals surface area contributed by atoms with Crippen molar-refractivity contribution >= 4 is 5.97 Å². The van der Waals surface area contributed by atoms with Gasteiger partial charge in [0.25, 0.3) is 0 Å². The lowest BCUT2D eigenvalue weighted by atomic mass is 10.5. The molecule has 0 aromatic heterocycles. The normalized spacial score (nSPS) is 10.7. The maximum Gasteiger partial charge on any atom is 0.305 e. The standard InChI is InChI=1S/C14H27NO6/c1-2-4-15-5-7-19-9-11-21-13-12-20-10-8-18-6-3-14(16)17/h2,15H,1,3-13H2,(H,16,17). The number of hydrogen-bond acceptors (Lipinski definition) is 6. The third kappa shape index (κ3) is 19.0. The van der Waals surface area contributed by atoms with Crippen molar-refractivity contribution in [2.75, 3.05) is 65.9 Å². The number of nitrogens with one attached hydrogen (secondary N) is 1. The van der Waals surface area contributed by atoms with E-state index in [4.69, 9.17) is 24.1 Å². The van der Waals surface area contributed by atoms with Crippen LogP contribution in [0.15, 0.2) is 12.7 Å². The largest absolute Gasteiger partial charge is 0.481 e. The third-order valence-corrected chi connectivity index (χ3v) is 2.29. The minimum Gasteiger partial charge on any atom is -0.481 e. The van der Waals surface area contributed by atoms with Crippen LogP contribution >= 0.6 is 0 Å². The van der Waals surface area contributed by atoms with Gasteiger partial charge in [-0.05, 0) is 0 Å². The number of hydrogen-bond donors (Lipinski definition) is 2. The first-order valence-corrected chi connectivity index (χ1v) is 7.11. The maximum absolute atomic E-state index is 10.2. The van der Waals surface area contributed by atoms with Crippen LogP contribution in [-0.2, 0) is 23.7 Å². The summed E-state index contributed by atoms with van der Waals surface area (Å²) in [6.45, 7) is 9.00. The molecule has 0 amide bonds. The number of carboxylic acids is 1. The third-order valence-electron chi connectivity index (χ3n) is 2.29. The first kappa shape index (κ1) is 20.0. The summed E-state index contributed by atoms with van der Waals surface area (Å²) in [7, 11) is 0. The predicted octanol–water partition coefficient (Wildman–Crippen LogP) is 0.303. The molecule has 2 N–H and O–H groups in total. The van der Waals surface area contributed by atoms with Crippen molar-refractivity contribution in [3.63, 3.8) is 0 Å². The van der Waals surface area contributed by atoms with Gasteiger partial charge in [-0.2, -0.15) is 0 Å². The molecule has 0 aliphatic rings. The van der Waals surface area contributed by atoms with Gasteiger partial charge in [-0.3, -0.25) is 4.79 Å². The Kier molecular flexibility index (Phi) is 16.3. The molecule has 0 radical (unpaired) electrons. The van der Waals surface area contributed by atoms with Crippen molar-refractivity contribution in [1.29, 1.82) is 0 Å². The van der Waals surface area contributed by atoms with Gasteiger partial charge in [0.15, 0.2) is 0 Å². The van der Waals surface area contributed by atoms with Crippen LogP contribution in [0.5, 0.6) is 0 Å². The lowest BCUT2D eigenvalue weighted by Crippen LogP contribution is -2.20. The van der Waals surface area contributed by atoms with Crippen LogP contribution in [0.1, 0.15) is 6.42 Å². The summed E-state index contributed by atoms with van der Waals surface area (Å²) in [4.78, 5) is 10.2. The quantitative estimate of drug-likeness (QED) is 0.295. The van der Waals surface area contributed by atoms with Gasteiger partial charge in [0, 0.05) is 13.1 Å². The van der Waals surface area contributed by atoms with Crippen molar-refractivity contribution in [3.05, 3.63) is 12.7 Å². The number of carbonyl (C=O) groups is 1. The van der Waals surface area contributed by atoms with Gasteiger partial charge in [-0.15, -0.1) is 6.58 Å². The molecule has 0 aromatic carbocycles. The molecular formula is C14H27NO6. The number of aliphatic carboxylic acids is 1. The molecule has 0 rings (SSSR count). The Labute approximate surface area is 126 Å². The predicted molar refractivity (Wildman–Crippen MR) is 78.6 cm³/mol. The average molecular weight is 305 g/mol. The van der Waals surface area contributed by atoms with Gasteiger partial charge in [-0.1, -0.05) is 6.08 Å². The van der Waals surface area contributed by atoms with Crippen molar-refractivity contribution < 1.29 is 28.8 Å². The van der Waals surface area contributed by atoms with Crippen LogP contribution in [0, 0.1) is 0 Å². The molecule has 0 aliphatic heterocycles. The highest BCUT2D eigenvalue weighted by Crippen LogP contribution is 1.85. The summed E-state index contributed by atoms with van der Waals surface area (Å²) in [6, 6.07) is 0. The number of carboxylic acid groups (broad SMARTS) is 1. The van der Waals surface area contributed by atoms with Crippen LogP contribution in [0.4, 0.5) is 0 Å². The van der Waals surface area contributed by atoms with Crippen LogP contribution in [0.2, 0.25) is 0 Å². The van der Waals surface area contributed by atoms with E-state index in [0.717, 1.165) is 13.1 Å². The van der Waals surface area contributed by atoms with E-state index >= 15 is 0 Å². The van der Waals surface area contributed by atoms with Crippen LogP contribution in [-0.4, -0.2) is 77.0 Å². The smallest absolute Gasteiger partial charge is 0.305 e. The number of rotatable bonds is 17. The Bertz CT molecular complexity index is 250. The molecule has 0 aromatic rings. The SMILES string of the molecule is C=CCNCCOCCOCCOCCOCCC(=O)O. The van der Waals surface area contributed by atoms with E-state index in [0.29, 0.717) is 46.2 Å². The second-order valence-corrected chi connectivity index (χ2v) is 4.09. The van der Waals surface area contributed by atoms with E-state index < -0.39 is 5.97 Å². The summed E-state index contributed by atoms with van der Waals surface area (Å²) >= 11 is 0. The summed E-state index contributed by atoms with van der Waals surface area (Å²) in [5.74, 6) is -0.858. The Balaban J connectivity index is 2.96. The molecule has 0 aliphatic carbocycles. The molecule has 0 fully saturated rings. The van der Waals surface area contributed by atoms with Crippen molar-refractivity contribution in [2.24, 2.45) is 0 Å². The van der Waals surface area contributed by atoms with Gasteiger partial charge in [0.1, 0.15) is 0 Å². The van der Waals surface area contributed by atoms with Crippen LogP contribution in [0.3, 0.4) is 0 Å². The summed E-state index contributed by atoms with van der Waals surface area (Å²) < 4.78 is 21.0. The van der Waals surface area contributed by atoms with E-state index in [-0.39, 0.29) is 13.0 Å². The Hall–Kier alpha value is -0.990. The fourth-order valence-electron chi connectivity index (χ4n) is 1.27. The number of ether oxygens (including phenoxy) is 4. The molecule has 0 saturated carbocycles. The van der Waals surface area contributed by atoms with Gasteiger partial charge in [0.05, 0.1) is 59.3 Å². The zero-order chi connectivity index (χ0) is 15.6. The second kappa shape index (κ2) is 17.1. The highest BCUT2D eigenvalue weighted by atomic mass is 16.6. The Morgan fingerprint density at radius 2 is 1.38 bits per heavy atom. The van der Waals surface area contributed by atoms with E-state index in [2.05, 4.69) is 11.9 Å². The Morgan fingerprint density at radius 1 is 0.905 bits per heavy atom. The summed E-state index contributed by atoms with van der Waals surface area (Å²) in [5, 5.41) is 11.5. The first-order chi connectivity index (χ1) is 10.3. The van der Waals surface area contributed by atoms with Gasteiger partial charge in [0.2, 0.25) is 0 Å². The molecule has 0 spiro atoms. The minimum atomic E-state index is -0.858. The maximum atomic E-state index is 10.2. The summed E-state index contributed by atoms with van der Waals surface area (Å²) in [5.41, 5.74) is 0. The Morgan fingerprint density at radius 3 is 1.86 bits per heavy atom. The first-order valence-electron chi connectivity index (χ1n) is 7.11. The van der Waals surface area contributed by atoms with Gasteiger partial charge >= 0.3 is 5.97 Å². The van der Waals surface area contributed by atoms with E-state index in [9.17, 15) is 4.79 Å². The molecule has 0 saturated heterocycles. The fraction of sp³-hybridized carbons (Fsp3) is 0.786. The van der Waals surface area contributed by atoms with Gasteiger partial charge < -0.3 is 29.4 Å². The molecule has 21 heavy (non-hydrogen) atoms. The van der Waals surface area contributed by atoms with Crippen molar-refractivity contribution in [3.8, 4) is 0 Å². The van der Waals surface area contributed by atoms with Gasteiger partial charge in [-0.25, -0.2) is 0 Å². The van der Waals surface area contributed by atoms with E-state index in [1.165, 1.54) is 0 Å². The van der Waals surface area contributed by atoms with Crippen LogP contribution < -0.4 is 5.32 Å². The second-order valence-electron chi connectivity index (χ2n) is 4.09. The molecule has 7 nitrogen and oxygen atoms in total. The average Bonchev–Trinajstić information content (AvgIpc) is 2.46. The zero-order valence-corrected chi connectivity index (χ0v) is 12.6. The fourth-order valence-corrected chi connectivity index (χ4v) is 1.27. The van der Waals surface area contributed by atoms with Crippen molar-refractivity contribution in [1.82, 2.24) is 5.32 Å². The molecule has 7 heteroatoms. The molecule has 0 heterocycles. The molecule has 0 unspecified atom stereocenters. The van der Waals surface area contributed by atoms with Crippen molar-refractivity contribution in [2.45, 2.75) is 6.42 Å². The highest BCUT2D eigenvalue weighted by molar-refractivity contribution is 5.66. The molecule has 0 atom stereocenters.